The summed E-state index contributed by atoms with van der Waals surface area (Å²) in [6.45, 7) is 6.74. The molecule has 2 rings (SSSR count). The number of aryl methyl sites for hydroxylation is 1. The Kier molecular flexibility index (Phi) is 4.24. The molecule has 1 fully saturated rings. The van der Waals surface area contributed by atoms with E-state index in [2.05, 4.69) is 35.9 Å². The lowest BCUT2D eigenvalue weighted by atomic mass is 10.2. The highest BCUT2D eigenvalue weighted by atomic mass is 35.5. The second-order valence-corrected chi connectivity index (χ2v) is 4.70. The lowest BCUT2D eigenvalue weighted by Gasteiger charge is -2.34. The molecule has 0 radical (unpaired) electrons. The summed E-state index contributed by atoms with van der Waals surface area (Å²) in [7, 11) is 0. The van der Waals surface area contributed by atoms with Gasteiger partial charge in [0, 0.05) is 18.1 Å². The van der Waals surface area contributed by atoms with Crippen LogP contribution in [0.25, 0.3) is 0 Å². The lowest BCUT2D eigenvalue weighted by Crippen LogP contribution is -2.44. The molecule has 1 atom stereocenters. The van der Waals surface area contributed by atoms with Gasteiger partial charge in [0.05, 0.1) is 19.3 Å². The van der Waals surface area contributed by atoms with E-state index < -0.39 is 0 Å². The molecule has 1 saturated heterocycles. The number of alkyl halides is 1. The first kappa shape index (κ1) is 12.7. The summed E-state index contributed by atoms with van der Waals surface area (Å²) in [6.07, 6.45) is 0.941. The zero-order chi connectivity index (χ0) is 12.3. The van der Waals surface area contributed by atoms with Gasteiger partial charge < -0.3 is 9.64 Å². The Bertz CT molecular complexity index is 361. The number of aromatic nitrogens is 1. The molecule has 2 heterocycles. The third-order valence-corrected chi connectivity index (χ3v) is 3.41. The Labute approximate surface area is 108 Å². The minimum absolute atomic E-state index is 0.381. The molecule has 1 aromatic heterocycles. The van der Waals surface area contributed by atoms with Gasteiger partial charge in [0.15, 0.2) is 0 Å². The number of hydrogen-bond acceptors (Lipinski definition) is 3. The molecule has 0 amide bonds. The van der Waals surface area contributed by atoms with Crippen molar-refractivity contribution in [1.29, 1.82) is 0 Å². The van der Waals surface area contributed by atoms with Gasteiger partial charge in [-0.25, -0.2) is 4.98 Å². The Morgan fingerprint density at radius 3 is 3.00 bits per heavy atom. The van der Waals surface area contributed by atoms with Crippen LogP contribution in [0, 0.1) is 0 Å². The minimum Gasteiger partial charge on any atom is -0.377 e. The molecule has 1 aromatic rings. The summed E-state index contributed by atoms with van der Waals surface area (Å²) in [4.78, 5) is 6.99. The summed E-state index contributed by atoms with van der Waals surface area (Å²) in [5.74, 6) is 1.58. The first-order valence-electron chi connectivity index (χ1n) is 6.14. The fraction of sp³-hybridized carbons (Fsp3) is 0.615. The van der Waals surface area contributed by atoms with E-state index in [1.54, 1.807) is 0 Å². The van der Waals surface area contributed by atoms with Gasteiger partial charge in [-0.1, -0.05) is 6.92 Å². The van der Waals surface area contributed by atoms with E-state index in [0.717, 1.165) is 43.3 Å². The van der Waals surface area contributed by atoms with Crippen molar-refractivity contribution >= 4 is 17.4 Å². The van der Waals surface area contributed by atoms with Crippen molar-refractivity contribution in [2.24, 2.45) is 0 Å². The van der Waals surface area contributed by atoms with Crippen molar-refractivity contribution in [2.45, 2.75) is 32.2 Å². The van der Waals surface area contributed by atoms with E-state index >= 15 is 0 Å². The highest BCUT2D eigenvalue weighted by Gasteiger charge is 2.20. The maximum absolute atomic E-state index is 5.93. The van der Waals surface area contributed by atoms with Gasteiger partial charge in [0.1, 0.15) is 5.82 Å². The zero-order valence-electron chi connectivity index (χ0n) is 10.4. The number of ether oxygens (including phenoxy) is 1. The largest absolute Gasteiger partial charge is 0.377 e. The number of anilines is 1. The van der Waals surface area contributed by atoms with Crippen molar-refractivity contribution < 1.29 is 4.74 Å². The van der Waals surface area contributed by atoms with Crippen molar-refractivity contribution in [3.05, 3.63) is 23.4 Å². The minimum atomic E-state index is 0.381. The molecule has 0 bridgehead atoms. The van der Waals surface area contributed by atoms with Crippen LogP contribution in [-0.4, -0.2) is 30.8 Å². The average Bonchev–Trinajstić information content (AvgIpc) is 2.38. The third kappa shape index (κ3) is 2.90. The van der Waals surface area contributed by atoms with E-state index in [9.17, 15) is 0 Å². The van der Waals surface area contributed by atoms with Crippen LogP contribution in [0.5, 0.6) is 0 Å². The number of morpholine rings is 1. The van der Waals surface area contributed by atoms with E-state index in [-0.39, 0.29) is 0 Å². The Morgan fingerprint density at radius 2 is 2.35 bits per heavy atom. The monoisotopic (exact) mass is 254 g/mol. The van der Waals surface area contributed by atoms with Crippen LogP contribution in [0.3, 0.4) is 0 Å². The molecule has 0 aromatic carbocycles. The van der Waals surface area contributed by atoms with Gasteiger partial charge >= 0.3 is 0 Å². The number of pyridine rings is 1. The molecule has 17 heavy (non-hydrogen) atoms. The molecule has 1 aliphatic heterocycles. The van der Waals surface area contributed by atoms with Crippen LogP contribution in [0.2, 0.25) is 0 Å². The number of rotatable bonds is 3. The van der Waals surface area contributed by atoms with Crippen LogP contribution in [-0.2, 0) is 17.0 Å². The van der Waals surface area contributed by atoms with Crippen molar-refractivity contribution in [3.8, 4) is 0 Å². The molecule has 0 N–H and O–H groups in total. The number of halogens is 1. The Hall–Kier alpha value is -0.800. The fourth-order valence-corrected chi connectivity index (χ4v) is 2.26. The molecule has 0 spiro atoms. The van der Waals surface area contributed by atoms with Crippen LogP contribution in [0.1, 0.15) is 25.1 Å². The molecule has 1 unspecified atom stereocenters. The normalized spacial score (nSPS) is 20.6. The second kappa shape index (κ2) is 5.69. The van der Waals surface area contributed by atoms with Gasteiger partial charge in [-0.3, -0.25) is 0 Å². The van der Waals surface area contributed by atoms with Gasteiger partial charge in [0.2, 0.25) is 0 Å². The standard InChI is InChI=1S/C13H19ClN2O/c1-3-12-6-11(8-14)7-13(15-12)16-4-5-17-9-10(16)2/h6-7,10H,3-5,8-9H2,1-2H3. The molecule has 94 valence electrons. The number of hydrogen-bond donors (Lipinski definition) is 0. The molecule has 3 nitrogen and oxygen atoms in total. The predicted molar refractivity (Wildman–Crippen MR) is 70.8 cm³/mol. The molecular weight excluding hydrogens is 236 g/mol. The predicted octanol–water partition coefficient (Wildman–Crippen LogP) is 2.61. The molecule has 0 saturated carbocycles. The van der Waals surface area contributed by atoms with E-state index in [4.69, 9.17) is 16.3 Å². The maximum Gasteiger partial charge on any atom is 0.129 e. The van der Waals surface area contributed by atoms with Crippen molar-refractivity contribution in [1.82, 2.24) is 4.98 Å². The second-order valence-electron chi connectivity index (χ2n) is 4.43. The van der Waals surface area contributed by atoms with Crippen molar-refractivity contribution in [3.63, 3.8) is 0 Å². The van der Waals surface area contributed by atoms with Crippen molar-refractivity contribution in [2.75, 3.05) is 24.7 Å². The highest BCUT2D eigenvalue weighted by molar-refractivity contribution is 6.17. The van der Waals surface area contributed by atoms with Gasteiger partial charge in [-0.05, 0) is 31.0 Å². The van der Waals surface area contributed by atoms with Gasteiger partial charge in [-0.15, -0.1) is 11.6 Å². The van der Waals surface area contributed by atoms with Gasteiger partial charge in [-0.2, -0.15) is 0 Å². The molecule has 0 aliphatic carbocycles. The first-order chi connectivity index (χ1) is 8.24. The molecule has 4 heteroatoms. The lowest BCUT2D eigenvalue weighted by molar-refractivity contribution is 0.0985. The quantitative estimate of drug-likeness (QED) is 0.776. The smallest absolute Gasteiger partial charge is 0.129 e. The van der Waals surface area contributed by atoms with Gasteiger partial charge in [0.25, 0.3) is 0 Å². The van der Waals surface area contributed by atoms with Crippen LogP contribution < -0.4 is 4.90 Å². The summed E-state index contributed by atoms with van der Waals surface area (Å²) in [6, 6.07) is 4.56. The summed E-state index contributed by atoms with van der Waals surface area (Å²) >= 11 is 5.93. The zero-order valence-corrected chi connectivity index (χ0v) is 11.2. The average molecular weight is 255 g/mol. The topological polar surface area (TPSA) is 25.4 Å². The SMILES string of the molecule is CCc1cc(CCl)cc(N2CCOCC2C)n1. The molecular formula is C13H19ClN2O. The fourth-order valence-electron chi connectivity index (χ4n) is 2.11. The first-order valence-corrected chi connectivity index (χ1v) is 6.68. The Morgan fingerprint density at radius 1 is 1.53 bits per heavy atom. The van der Waals surface area contributed by atoms with E-state index in [1.165, 1.54) is 0 Å². The van der Waals surface area contributed by atoms with Crippen LogP contribution in [0.15, 0.2) is 12.1 Å². The maximum atomic E-state index is 5.93. The number of nitrogens with zero attached hydrogens (tertiary/aromatic N) is 2. The highest BCUT2D eigenvalue weighted by Crippen LogP contribution is 2.21. The Balaban J connectivity index is 2.29. The summed E-state index contributed by atoms with van der Waals surface area (Å²) in [5, 5.41) is 0. The third-order valence-electron chi connectivity index (χ3n) is 3.10. The van der Waals surface area contributed by atoms with Crippen LogP contribution >= 0.6 is 11.6 Å². The van der Waals surface area contributed by atoms with Crippen LogP contribution in [0.4, 0.5) is 5.82 Å². The molecule has 1 aliphatic rings. The summed E-state index contributed by atoms with van der Waals surface area (Å²) in [5.41, 5.74) is 2.25. The van der Waals surface area contributed by atoms with E-state index in [1.807, 2.05) is 0 Å². The summed E-state index contributed by atoms with van der Waals surface area (Å²) < 4.78 is 5.45. The van der Waals surface area contributed by atoms with E-state index in [0.29, 0.717) is 11.9 Å².